The highest BCUT2D eigenvalue weighted by atomic mass is 16.5. The van der Waals surface area contributed by atoms with E-state index >= 15 is 0 Å². The number of hydrogen-bond donors (Lipinski definition) is 3. The summed E-state index contributed by atoms with van der Waals surface area (Å²) in [7, 11) is 0. The first-order valence-electron chi connectivity index (χ1n) is 4.36. The van der Waals surface area contributed by atoms with Crippen LogP contribution in [0.25, 0.3) is 0 Å². The van der Waals surface area contributed by atoms with E-state index in [4.69, 9.17) is 16.2 Å². The largest absolute Gasteiger partial charge is 0.385 e. The summed E-state index contributed by atoms with van der Waals surface area (Å²) in [6, 6.07) is 0. The van der Waals surface area contributed by atoms with Gasteiger partial charge in [0.1, 0.15) is 11.5 Å². The minimum Gasteiger partial charge on any atom is -0.385 e. The van der Waals surface area contributed by atoms with Crippen molar-refractivity contribution in [3.8, 4) is 0 Å². The zero-order valence-corrected chi connectivity index (χ0v) is 7.36. The zero-order valence-electron chi connectivity index (χ0n) is 7.36. The molecule has 0 saturated carbocycles. The van der Waals surface area contributed by atoms with Crippen molar-refractivity contribution in [3.05, 3.63) is 11.9 Å². The van der Waals surface area contributed by atoms with Gasteiger partial charge in [0.15, 0.2) is 0 Å². The fourth-order valence-electron chi connectivity index (χ4n) is 1.67. The Balaban J connectivity index is 2.18. The van der Waals surface area contributed by atoms with Crippen molar-refractivity contribution in [2.24, 2.45) is 22.4 Å². The van der Waals surface area contributed by atoms with Crippen LogP contribution in [0.4, 0.5) is 0 Å². The number of rotatable bonds is 1. The third kappa shape index (κ3) is 1.52. The number of hydrogen-bond acceptors (Lipinski definition) is 5. The summed E-state index contributed by atoms with van der Waals surface area (Å²) < 4.78 is 5.27. The van der Waals surface area contributed by atoms with Crippen LogP contribution < -0.4 is 16.8 Å². The SMILES string of the molecule is NC1=CC(N)(C2CCOC2)N=CN1. The number of aliphatic imine (C=N–C) groups is 1. The van der Waals surface area contributed by atoms with Gasteiger partial charge in [0, 0.05) is 12.5 Å². The van der Waals surface area contributed by atoms with Crippen LogP contribution >= 0.6 is 0 Å². The molecule has 1 fully saturated rings. The molecule has 0 bridgehead atoms. The maximum Gasteiger partial charge on any atom is 0.137 e. The summed E-state index contributed by atoms with van der Waals surface area (Å²) in [6.45, 7) is 1.43. The van der Waals surface area contributed by atoms with Gasteiger partial charge in [-0.25, -0.2) is 4.99 Å². The maximum atomic E-state index is 6.08. The highest BCUT2D eigenvalue weighted by molar-refractivity contribution is 5.60. The fraction of sp³-hybridized carbons (Fsp3) is 0.625. The second-order valence-electron chi connectivity index (χ2n) is 3.45. The summed E-state index contributed by atoms with van der Waals surface area (Å²) in [6.07, 6.45) is 4.25. The molecule has 0 radical (unpaired) electrons. The molecule has 2 unspecified atom stereocenters. The van der Waals surface area contributed by atoms with E-state index in [1.165, 1.54) is 0 Å². The van der Waals surface area contributed by atoms with Gasteiger partial charge in [0.2, 0.25) is 0 Å². The first kappa shape index (κ1) is 8.52. The lowest BCUT2D eigenvalue weighted by Crippen LogP contribution is -2.48. The molecule has 5 N–H and O–H groups in total. The van der Waals surface area contributed by atoms with E-state index in [9.17, 15) is 0 Å². The van der Waals surface area contributed by atoms with Gasteiger partial charge in [0.05, 0.1) is 12.9 Å². The highest BCUT2D eigenvalue weighted by Gasteiger charge is 2.36. The van der Waals surface area contributed by atoms with Crippen LogP contribution in [0.3, 0.4) is 0 Å². The molecule has 0 amide bonds. The second kappa shape index (κ2) is 3.01. The van der Waals surface area contributed by atoms with Crippen molar-refractivity contribution < 1.29 is 4.74 Å². The van der Waals surface area contributed by atoms with Crippen molar-refractivity contribution in [2.75, 3.05) is 13.2 Å². The Bertz CT molecular complexity index is 257. The van der Waals surface area contributed by atoms with Gasteiger partial charge in [-0.2, -0.15) is 0 Å². The average molecular weight is 182 g/mol. The Morgan fingerprint density at radius 3 is 3.15 bits per heavy atom. The Morgan fingerprint density at radius 1 is 1.69 bits per heavy atom. The molecule has 2 heterocycles. The molecule has 1 saturated heterocycles. The van der Waals surface area contributed by atoms with E-state index in [1.807, 2.05) is 0 Å². The molecule has 5 nitrogen and oxygen atoms in total. The molecule has 2 atom stereocenters. The summed E-state index contributed by atoms with van der Waals surface area (Å²) in [5, 5.41) is 2.79. The van der Waals surface area contributed by atoms with Gasteiger partial charge in [-0.15, -0.1) is 0 Å². The van der Waals surface area contributed by atoms with E-state index in [1.54, 1.807) is 12.4 Å². The van der Waals surface area contributed by atoms with Crippen LogP contribution in [0, 0.1) is 5.92 Å². The molecule has 2 rings (SSSR count). The monoisotopic (exact) mass is 182 g/mol. The Labute approximate surface area is 76.8 Å². The van der Waals surface area contributed by atoms with Crippen molar-refractivity contribution in [2.45, 2.75) is 12.1 Å². The van der Waals surface area contributed by atoms with E-state index in [-0.39, 0.29) is 5.92 Å². The van der Waals surface area contributed by atoms with Gasteiger partial charge < -0.3 is 21.5 Å². The van der Waals surface area contributed by atoms with Crippen molar-refractivity contribution in [3.63, 3.8) is 0 Å². The normalized spacial score (nSPS) is 38.5. The summed E-state index contributed by atoms with van der Waals surface area (Å²) in [5.74, 6) is 0.800. The van der Waals surface area contributed by atoms with Gasteiger partial charge >= 0.3 is 0 Å². The van der Waals surface area contributed by atoms with Crippen LogP contribution in [0.1, 0.15) is 6.42 Å². The van der Waals surface area contributed by atoms with Gasteiger partial charge in [-0.3, -0.25) is 0 Å². The summed E-state index contributed by atoms with van der Waals surface area (Å²) in [4.78, 5) is 4.20. The van der Waals surface area contributed by atoms with E-state index in [0.29, 0.717) is 12.4 Å². The minimum absolute atomic E-state index is 0.240. The number of nitrogens with zero attached hydrogens (tertiary/aromatic N) is 1. The van der Waals surface area contributed by atoms with E-state index < -0.39 is 5.66 Å². The lowest BCUT2D eigenvalue weighted by atomic mass is 9.92. The fourth-order valence-corrected chi connectivity index (χ4v) is 1.67. The topological polar surface area (TPSA) is 85.7 Å². The second-order valence-corrected chi connectivity index (χ2v) is 3.45. The standard InChI is InChI=1S/C8H14N4O/c9-7-3-8(10,12-5-11-7)6-1-2-13-4-6/h3,5-6H,1-2,4,9-10H2,(H,11,12). The molecule has 2 aliphatic heterocycles. The predicted octanol–water partition coefficient (Wildman–Crippen LogP) is -0.890. The maximum absolute atomic E-state index is 6.08. The molecular weight excluding hydrogens is 168 g/mol. The van der Waals surface area contributed by atoms with Gasteiger partial charge in [-0.1, -0.05) is 0 Å². The van der Waals surface area contributed by atoms with Crippen molar-refractivity contribution >= 4 is 6.34 Å². The number of ether oxygens (including phenoxy) is 1. The minimum atomic E-state index is -0.675. The molecule has 0 aromatic rings. The first-order valence-corrected chi connectivity index (χ1v) is 4.36. The molecule has 0 aliphatic carbocycles. The van der Waals surface area contributed by atoms with Crippen LogP contribution in [0.15, 0.2) is 16.9 Å². The van der Waals surface area contributed by atoms with Crippen LogP contribution in [0.2, 0.25) is 0 Å². The smallest absolute Gasteiger partial charge is 0.137 e. The van der Waals surface area contributed by atoms with E-state index in [0.717, 1.165) is 13.0 Å². The quantitative estimate of drug-likeness (QED) is 0.491. The third-order valence-electron chi connectivity index (χ3n) is 2.49. The molecule has 13 heavy (non-hydrogen) atoms. The van der Waals surface area contributed by atoms with Gasteiger partial charge in [-0.05, 0) is 12.5 Å². The molecule has 2 aliphatic rings. The Hall–Kier alpha value is -1.07. The summed E-state index contributed by atoms with van der Waals surface area (Å²) >= 11 is 0. The van der Waals surface area contributed by atoms with Crippen LogP contribution in [-0.4, -0.2) is 25.2 Å². The van der Waals surface area contributed by atoms with Crippen molar-refractivity contribution in [1.29, 1.82) is 0 Å². The predicted molar refractivity (Wildman–Crippen MR) is 49.7 cm³/mol. The van der Waals surface area contributed by atoms with Crippen molar-refractivity contribution in [1.82, 2.24) is 5.32 Å². The first-order chi connectivity index (χ1) is 6.21. The van der Waals surface area contributed by atoms with Crippen LogP contribution in [-0.2, 0) is 4.74 Å². The number of nitrogens with one attached hydrogen (secondary N) is 1. The van der Waals surface area contributed by atoms with Crippen LogP contribution in [0.5, 0.6) is 0 Å². The molecular formula is C8H14N4O. The lowest BCUT2D eigenvalue weighted by molar-refractivity contribution is 0.173. The van der Waals surface area contributed by atoms with Gasteiger partial charge in [0.25, 0.3) is 0 Å². The Kier molecular flexibility index (Phi) is 1.97. The third-order valence-corrected chi connectivity index (χ3v) is 2.49. The average Bonchev–Trinajstić information content (AvgIpc) is 2.55. The highest BCUT2D eigenvalue weighted by Crippen LogP contribution is 2.27. The molecule has 0 spiro atoms. The summed E-state index contributed by atoms with van der Waals surface area (Å²) in [5.41, 5.74) is 11.0. The zero-order chi connectivity index (χ0) is 9.31. The Morgan fingerprint density at radius 2 is 2.54 bits per heavy atom. The molecule has 0 aromatic heterocycles. The lowest BCUT2D eigenvalue weighted by Gasteiger charge is -2.29. The van der Waals surface area contributed by atoms with E-state index in [2.05, 4.69) is 10.3 Å². The molecule has 72 valence electrons. The molecule has 0 aromatic carbocycles. The molecule has 5 heteroatoms. The number of nitrogens with two attached hydrogens (primary N) is 2.